The van der Waals surface area contributed by atoms with Crippen LogP contribution in [0.3, 0.4) is 0 Å². The van der Waals surface area contributed by atoms with Gasteiger partial charge in [-0.3, -0.25) is 9.59 Å². The second-order valence-electron chi connectivity index (χ2n) is 6.04. The van der Waals surface area contributed by atoms with E-state index in [-0.39, 0.29) is 11.8 Å². The first-order valence-corrected chi connectivity index (χ1v) is 8.99. The molecule has 27 heavy (non-hydrogen) atoms. The summed E-state index contributed by atoms with van der Waals surface area (Å²) in [5, 5.41) is 5.55. The number of nitrogens with one attached hydrogen (secondary N) is 2. The maximum absolute atomic E-state index is 11.8. The molecule has 3 aromatic rings. The molecule has 0 atom stereocenters. The van der Waals surface area contributed by atoms with Gasteiger partial charge in [0.05, 0.1) is 0 Å². The third-order valence-corrected chi connectivity index (χ3v) is 4.14. The highest BCUT2D eigenvalue weighted by molar-refractivity contribution is 5.95. The van der Waals surface area contributed by atoms with Crippen LogP contribution in [0.5, 0.6) is 0 Å². The highest BCUT2D eigenvalue weighted by Crippen LogP contribution is 2.28. The zero-order valence-corrected chi connectivity index (χ0v) is 15.4. The van der Waals surface area contributed by atoms with Crippen LogP contribution >= 0.6 is 0 Å². The molecule has 0 spiro atoms. The van der Waals surface area contributed by atoms with E-state index in [1.807, 2.05) is 50.2 Å². The number of furan rings is 1. The van der Waals surface area contributed by atoms with Crippen LogP contribution in [0.15, 0.2) is 65.1 Å². The Balaban J connectivity index is 1.76. The molecule has 0 saturated carbocycles. The van der Waals surface area contributed by atoms with Crippen LogP contribution in [0.25, 0.3) is 22.6 Å². The van der Waals surface area contributed by atoms with Crippen LogP contribution in [0, 0.1) is 0 Å². The first kappa shape index (κ1) is 18.5. The number of carbonyl (C=O) groups is 2. The molecule has 3 rings (SSSR count). The lowest BCUT2D eigenvalue weighted by atomic mass is 10.1. The van der Waals surface area contributed by atoms with Crippen LogP contribution in [0.1, 0.15) is 34.6 Å². The summed E-state index contributed by atoms with van der Waals surface area (Å²) in [5.74, 6) is 1.27. The molecule has 0 fully saturated rings. The molecular formula is C22H22N2O3. The SMILES string of the molecule is CCNC(=O)c1ccc(-c2ccc(-c3ccc(C(=O)NCC)cc3)o2)cc1. The monoisotopic (exact) mass is 362 g/mol. The molecular weight excluding hydrogens is 340 g/mol. The molecule has 138 valence electrons. The number of rotatable bonds is 6. The fourth-order valence-corrected chi connectivity index (χ4v) is 2.75. The summed E-state index contributed by atoms with van der Waals surface area (Å²) in [7, 11) is 0. The van der Waals surface area contributed by atoms with Crippen molar-refractivity contribution in [3.8, 4) is 22.6 Å². The Labute approximate surface area is 158 Å². The van der Waals surface area contributed by atoms with Gasteiger partial charge >= 0.3 is 0 Å². The van der Waals surface area contributed by atoms with Crippen LogP contribution in [0.4, 0.5) is 0 Å². The number of benzene rings is 2. The Hall–Kier alpha value is -3.34. The van der Waals surface area contributed by atoms with Crippen molar-refractivity contribution >= 4 is 11.8 Å². The molecule has 2 aromatic carbocycles. The summed E-state index contributed by atoms with van der Waals surface area (Å²) in [5.41, 5.74) is 3.03. The van der Waals surface area contributed by atoms with Gasteiger partial charge in [0.25, 0.3) is 11.8 Å². The third-order valence-electron chi connectivity index (χ3n) is 4.14. The lowest BCUT2D eigenvalue weighted by Crippen LogP contribution is -2.22. The largest absolute Gasteiger partial charge is 0.456 e. The van der Waals surface area contributed by atoms with E-state index in [1.54, 1.807) is 24.3 Å². The molecule has 1 aromatic heterocycles. The molecule has 0 unspecified atom stereocenters. The van der Waals surface area contributed by atoms with Crippen molar-refractivity contribution in [2.45, 2.75) is 13.8 Å². The number of carbonyl (C=O) groups excluding carboxylic acids is 2. The molecule has 5 nitrogen and oxygen atoms in total. The van der Waals surface area contributed by atoms with Gasteiger partial charge in [-0.15, -0.1) is 0 Å². The Bertz CT molecular complexity index is 849. The van der Waals surface area contributed by atoms with Crippen LogP contribution in [-0.2, 0) is 0 Å². The lowest BCUT2D eigenvalue weighted by molar-refractivity contribution is 0.0947. The van der Waals surface area contributed by atoms with E-state index in [0.717, 1.165) is 22.6 Å². The van der Waals surface area contributed by atoms with E-state index >= 15 is 0 Å². The van der Waals surface area contributed by atoms with E-state index < -0.39 is 0 Å². The van der Waals surface area contributed by atoms with Gasteiger partial charge in [-0.1, -0.05) is 24.3 Å². The standard InChI is InChI=1S/C22H22N2O3/c1-3-23-21(25)17-9-5-15(6-10-17)19-13-14-20(27-19)16-7-11-18(12-8-16)22(26)24-4-2/h5-14H,3-4H2,1-2H3,(H,23,25)(H,24,26). The molecule has 0 saturated heterocycles. The smallest absolute Gasteiger partial charge is 0.251 e. The minimum atomic E-state index is -0.0867. The van der Waals surface area contributed by atoms with E-state index in [4.69, 9.17) is 4.42 Å². The van der Waals surface area contributed by atoms with Gasteiger partial charge < -0.3 is 15.1 Å². The van der Waals surface area contributed by atoms with Crippen LogP contribution < -0.4 is 10.6 Å². The molecule has 0 aliphatic rings. The van der Waals surface area contributed by atoms with Gasteiger partial charge in [0.15, 0.2) is 0 Å². The van der Waals surface area contributed by atoms with Gasteiger partial charge in [-0.05, 0) is 50.2 Å². The summed E-state index contributed by atoms with van der Waals surface area (Å²) in [6.07, 6.45) is 0. The third kappa shape index (κ3) is 4.26. The van der Waals surface area contributed by atoms with Crippen molar-refractivity contribution < 1.29 is 14.0 Å². The maximum Gasteiger partial charge on any atom is 0.251 e. The molecule has 5 heteroatoms. The molecule has 0 aliphatic carbocycles. The predicted octanol–water partition coefficient (Wildman–Crippen LogP) is 4.11. The van der Waals surface area contributed by atoms with Gasteiger partial charge in [0.1, 0.15) is 11.5 Å². The van der Waals surface area contributed by atoms with Crippen molar-refractivity contribution in [2.75, 3.05) is 13.1 Å². The first-order valence-electron chi connectivity index (χ1n) is 8.99. The van der Waals surface area contributed by atoms with E-state index in [9.17, 15) is 9.59 Å². The zero-order valence-electron chi connectivity index (χ0n) is 15.4. The predicted molar refractivity (Wildman–Crippen MR) is 106 cm³/mol. The van der Waals surface area contributed by atoms with Gasteiger partial charge in [0.2, 0.25) is 0 Å². The quantitative estimate of drug-likeness (QED) is 0.693. The number of hydrogen-bond donors (Lipinski definition) is 2. The summed E-state index contributed by atoms with van der Waals surface area (Å²) in [6.45, 7) is 4.97. The second kappa shape index (κ2) is 8.36. The summed E-state index contributed by atoms with van der Waals surface area (Å²) in [4.78, 5) is 23.7. The minimum Gasteiger partial charge on any atom is -0.456 e. The summed E-state index contributed by atoms with van der Waals surface area (Å²) in [6, 6.07) is 18.4. The molecule has 0 aliphatic heterocycles. The van der Waals surface area contributed by atoms with Gasteiger partial charge in [-0.25, -0.2) is 0 Å². The van der Waals surface area contributed by atoms with Crippen LogP contribution in [0.2, 0.25) is 0 Å². The van der Waals surface area contributed by atoms with Crippen molar-refractivity contribution in [2.24, 2.45) is 0 Å². The van der Waals surface area contributed by atoms with Crippen molar-refractivity contribution in [1.82, 2.24) is 10.6 Å². The molecule has 2 N–H and O–H groups in total. The normalized spacial score (nSPS) is 10.4. The Morgan fingerprint density at radius 1 is 0.667 bits per heavy atom. The Morgan fingerprint density at radius 3 is 1.37 bits per heavy atom. The van der Waals surface area contributed by atoms with E-state index in [2.05, 4.69) is 10.6 Å². The maximum atomic E-state index is 11.8. The summed E-state index contributed by atoms with van der Waals surface area (Å²) < 4.78 is 5.95. The number of hydrogen-bond acceptors (Lipinski definition) is 3. The molecule has 2 amide bonds. The first-order chi connectivity index (χ1) is 13.1. The Morgan fingerprint density at radius 2 is 1.04 bits per heavy atom. The average molecular weight is 362 g/mol. The minimum absolute atomic E-state index is 0.0867. The van der Waals surface area contributed by atoms with Gasteiger partial charge in [0, 0.05) is 35.3 Å². The second-order valence-corrected chi connectivity index (χ2v) is 6.04. The fourth-order valence-electron chi connectivity index (χ4n) is 2.75. The van der Waals surface area contributed by atoms with Crippen LogP contribution in [-0.4, -0.2) is 24.9 Å². The average Bonchev–Trinajstić information content (AvgIpc) is 3.19. The van der Waals surface area contributed by atoms with Crippen molar-refractivity contribution in [1.29, 1.82) is 0 Å². The molecule has 0 radical (unpaired) electrons. The fraction of sp³-hybridized carbons (Fsp3) is 0.182. The zero-order chi connectivity index (χ0) is 19.2. The molecule has 0 bridgehead atoms. The molecule has 1 heterocycles. The van der Waals surface area contributed by atoms with Crippen molar-refractivity contribution in [3.05, 3.63) is 71.8 Å². The van der Waals surface area contributed by atoms with Crippen molar-refractivity contribution in [3.63, 3.8) is 0 Å². The van der Waals surface area contributed by atoms with E-state index in [0.29, 0.717) is 24.2 Å². The topological polar surface area (TPSA) is 71.3 Å². The highest BCUT2D eigenvalue weighted by atomic mass is 16.3. The highest BCUT2D eigenvalue weighted by Gasteiger charge is 2.10. The Kier molecular flexibility index (Phi) is 5.71. The van der Waals surface area contributed by atoms with E-state index in [1.165, 1.54) is 0 Å². The number of amides is 2. The lowest BCUT2D eigenvalue weighted by Gasteiger charge is -2.04. The van der Waals surface area contributed by atoms with Gasteiger partial charge in [-0.2, -0.15) is 0 Å². The summed E-state index contributed by atoms with van der Waals surface area (Å²) >= 11 is 0.